The molecule has 2 N–H and O–H groups in total. The minimum Gasteiger partial charge on any atom is -0.467 e. The minimum atomic E-state index is -0.486. The Morgan fingerprint density at radius 1 is 1.00 bits per heavy atom. The minimum absolute atomic E-state index is 0.0181. The van der Waals surface area contributed by atoms with Gasteiger partial charge in [-0.05, 0) is 36.4 Å². The highest BCUT2D eigenvalue weighted by molar-refractivity contribution is 6.04. The van der Waals surface area contributed by atoms with Gasteiger partial charge in [-0.1, -0.05) is 18.2 Å². The first kappa shape index (κ1) is 18.2. The van der Waals surface area contributed by atoms with Crippen LogP contribution in [0.3, 0.4) is 0 Å². The molecule has 8 nitrogen and oxygen atoms in total. The van der Waals surface area contributed by atoms with Crippen LogP contribution in [0, 0.1) is 0 Å². The molecule has 0 aliphatic rings. The van der Waals surface area contributed by atoms with Gasteiger partial charge >= 0.3 is 0 Å². The van der Waals surface area contributed by atoms with Crippen LogP contribution in [0.5, 0.6) is 0 Å². The van der Waals surface area contributed by atoms with Crippen molar-refractivity contribution in [1.29, 1.82) is 0 Å². The number of aromatic nitrogens is 2. The lowest BCUT2D eigenvalue weighted by Gasteiger charge is -2.09. The van der Waals surface area contributed by atoms with Gasteiger partial charge in [-0.2, -0.15) is 0 Å². The molecule has 0 saturated carbocycles. The molecule has 1 aromatic carbocycles. The summed E-state index contributed by atoms with van der Waals surface area (Å²) < 4.78 is 6.41. The fourth-order valence-corrected chi connectivity index (χ4v) is 2.83. The van der Waals surface area contributed by atoms with E-state index in [0.717, 1.165) is 0 Å². The molecule has 0 radical (unpaired) electrons. The number of carbonyl (C=O) groups excluding carboxylic acids is 2. The molecule has 0 fully saturated rings. The summed E-state index contributed by atoms with van der Waals surface area (Å²) in [6, 6.07) is 15.2. The molecule has 3 heterocycles. The summed E-state index contributed by atoms with van der Waals surface area (Å²) in [7, 11) is 0. The number of benzene rings is 1. The second-order valence-corrected chi connectivity index (χ2v) is 6.17. The summed E-state index contributed by atoms with van der Waals surface area (Å²) in [6.45, 7) is 0.211. The summed E-state index contributed by atoms with van der Waals surface area (Å²) in [5.41, 5.74) is 0.372. The third-order valence-corrected chi connectivity index (χ3v) is 4.26. The van der Waals surface area contributed by atoms with E-state index in [4.69, 9.17) is 4.42 Å². The van der Waals surface area contributed by atoms with Gasteiger partial charge in [-0.3, -0.25) is 18.8 Å². The average molecular weight is 388 g/mol. The average Bonchev–Trinajstić information content (AvgIpc) is 3.28. The molecule has 144 valence electrons. The van der Waals surface area contributed by atoms with Crippen LogP contribution >= 0.6 is 0 Å². The molecule has 0 saturated heterocycles. The number of nitrogens with one attached hydrogen (secondary N) is 2. The van der Waals surface area contributed by atoms with Crippen molar-refractivity contribution >= 4 is 23.1 Å². The Labute approximate surface area is 164 Å². The van der Waals surface area contributed by atoms with Crippen LogP contribution in [-0.4, -0.2) is 21.2 Å². The Morgan fingerprint density at radius 2 is 1.83 bits per heavy atom. The number of hydrogen-bond acceptors (Lipinski definition) is 5. The number of amides is 2. The normalized spacial score (nSPS) is 10.6. The predicted molar refractivity (Wildman–Crippen MR) is 106 cm³/mol. The van der Waals surface area contributed by atoms with E-state index >= 15 is 0 Å². The van der Waals surface area contributed by atoms with Crippen molar-refractivity contribution in [3.63, 3.8) is 0 Å². The molecule has 0 spiro atoms. The van der Waals surface area contributed by atoms with Gasteiger partial charge in [0.05, 0.1) is 24.6 Å². The highest BCUT2D eigenvalue weighted by Gasteiger charge is 2.15. The summed E-state index contributed by atoms with van der Waals surface area (Å²) in [4.78, 5) is 41.8. The zero-order chi connectivity index (χ0) is 20.2. The SMILES string of the molecule is O=C(Nc1cnc2c(C(=O)NCc3ccco3)cccn2c1=O)c1ccccc1. The van der Waals surface area contributed by atoms with Gasteiger partial charge in [0.1, 0.15) is 11.4 Å². The Kier molecular flexibility index (Phi) is 4.90. The lowest BCUT2D eigenvalue weighted by atomic mass is 10.2. The number of carbonyl (C=O) groups is 2. The highest BCUT2D eigenvalue weighted by atomic mass is 16.3. The second kappa shape index (κ2) is 7.81. The van der Waals surface area contributed by atoms with E-state index in [1.807, 2.05) is 0 Å². The number of nitrogens with zero attached hydrogens (tertiary/aromatic N) is 2. The van der Waals surface area contributed by atoms with Gasteiger partial charge in [-0.25, -0.2) is 4.98 Å². The van der Waals surface area contributed by atoms with Crippen LogP contribution in [0.2, 0.25) is 0 Å². The molecule has 3 aromatic heterocycles. The smallest absolute Gasteiger partial charge is 0.281 e. The van der Waals surface area contributed by atoms with Gasteiger partial charge in [-0.15, -0.1) is 0 Å². The number of pyridine rings is 1. The van der Waals surface area contributed by atoms with E-state index in [0.29, 0.717) is 11.3 Å². The molecule has 0 atom stereocenters. The van der Waals surface area contributed by atoms with Crippen molar-refractivity contribution in [2.75, 3.05) is 5.32 Å². The highest BCUT2D eigenvalue weighted by Crippen LogP contribution is 2.10. The first-order chi connectivity index (χ1) is 14.1. The Morgan fingerprint density at radius 3 is 2.59 bits per heavy atom. The van der Waals surface area contributed by atoms with Crippen LogP contribution in [0.4, 0.5) is 5.69 Å². The molecular weight excluding hydrogens is 372 g/mol. The lowest BCUT2D eigenvalue weighted by molar-refractivity contribution is 0.0948. The zero-order valence-electron chi connectivity index (χ0n) is 15.2. The number of fused-ring (bicyclic) bond motifs is 1. The van der Waals surface area contributed by atoms with Gasteiger partial charge in [0.25, 0.3) is 17.4 Å². The Hall–Kier alpha value is -4.20. The lowest BCUT2D eigenvalue weighted by Crippen LogP contribution is -2.27. The van der Waals surface area contributed by atoms with E-state index in [9.17, 15) is 14.4 Å². The van der Waals surface area contributed by atoms with E-state index in [1.54, 1.807) is 54.6 Å². The molecule has 4 aromatic rings. The van der Waals surface area contributed by atoms with E-state index in [2.05, 4.69) is 15.6 Å². The third kappa shape index (κ3) is 3.77. The molecule has 29 heavy (non-hydrogen) atoms. The Balaban J connectivity index is 1.61. The molecule has 4 rings (SSSR count). The van der Waals surface area contributed by atoms with Crippen LogP contribution in [0.25, 0.3) is 5.65 Å². The van der Waals surface area contributed by atoms with Crippen molar-refractivity contribution in [2.45, 2.75) is 6.54 Å². The van der Waals surface area contributed by atoms with E-state index < -0.39 is 17.4 Å². The molecule has 0 unspecified atom stereocenters. The summed E-state index contributed by atoms with van der Waals surface area (Å²) in [5.74, 6) is -0.209. The van der Waals surface area contributed by atoms with Crippen molar-refractivity contribution in [3.05, 3.63) is 100 Å². The Bertz CT molecular complexity index is 1230. The predicted octanol–water partition coefficient (Wildman–Crippen LogP) is 2.47. The van der Waals surface area contributed by atoms with Gasteiger partial charge < -0.3 is 15.1 Å². The van der Waals surface area contributed by atoms with Crippen LogP contribution in [0.1, 0.15) is 26.5 Å². The van der Waals surface area contributed by atoms with Crippen LogP contribution in [0.15, 0.2) is 82.5 Å². The van der Waals surface area contributed by atoms with Gasteiger partial charge in [0, 0.05) is 11.8 Å². The first-order valence-electron chi connectivity index (χ1n) is 8.81. The number of furan rings is 1. The summed E-state index contributed by atoms with van der Waals surface area (Å²) in [5, 5.41) is 5.29. The van der Waals surface area contributed by atoms with Crippen molar-refractivity contribution in [2.24, 2.45) is 0 Å². The quantitative estimate of drug-likeness (QED) is 0.546. The molecular formula is C21H16N4O4. The number of anilines is 1. The maximum absolute atomic E-state index is 12.8. The fraction of sp³-hybridized carbons (Fsp3) is 0.0476. The fourth-order valence-electron chi connectivity index (χ4n) is 2.83. The maximum atomic E-state index is 12.8. The number of rotatable bonds is 5. The molecule has 8 heteroatoms. The summed E-state index contributed by atoms with van der Waals surface area (Å²) >= 11 is 0. The molecule has 0 bridgehead atoms. The monoisotopic (exact) mass is 388 g/mol. The van der Waals surface area contributed by atoms with Crippen molar-refractivity contribution < 1.29 is 14.0 Å². The van der Waals surface area contributed by atoms with Gasteiger partial charge in [0.15, 0.2) is 5.65 Å². The second-order valence-electron chi connectivity index (χ2n) is 6.17. The van der Waals surface area contributed by atoms with Gasteiger partial charge in [0.2, 0.25) is 0 Å². The van der Waals surface area contributed by atoms with E-state index in [-0.39, 0.29) is 23.4 Å². The standard InChI is InChI=1S/C21H16N4O4/c26-19(14-6-2-1-3-7-14)24-17-13-22-18-16(9-4-10-25(18)21(17)28)20(27)23-12-15-8-5-11-29-15/h1-11,13H,12H2,(H,23,27)(H,24,26). The topological polar surface area (TPSA) is 106 Å². The molecule has 0 aliphatic carbocycles. The largest absolute Gasteiger partial charge is 0.467 e. The van der Waals surface area contributed by atoms with Crippen molar-refractivity contribution in [3.8, 4) is 0 Å². The van der Waals surface area contributed by atoms with Crippen LogP contribution in [-0.2, 0) is 6.54 Å². The molecule has 2 amide bonds. The first-order valence-corrected chi connectivity index (χ1v) is 8.81. The molecule has 0 aliphatic heterocycles. The van der Waals surface area contributed by atoms with E-state index in [1.165, 1.54) is 23.1 Å². The zero-order valence-corrected chi connectivity index (χ0v) is 15.2. The van der Waals surface area contributed by atoms with Crippen molar-refractivity contribution in [1.82, 2.24) is 14.7 Å². The maximum Gasteiger partial charge on any atom is 0.281 e. The summed E-state index contributed by atoms with van der Waals surface area (Å²) in [6.07, 6.45) is 4.26. The third-order valence-electron chi connectivity index (χ3n) is 4.26. The number of hydrogen-bond donors (Lipinski definition) is 2. The van der Waals surface area contributed by atoms with Crippen LogP contribution < -0.4 is 16.2 Å².